The fourth-order valence-electron chi connectivity index (χ4n) is 3.15. The van der Waals surface area contributed by atoms with E-state index in [0.29, 0.717) is 13.1 Å². The summed E-state index contributed by atoms with van der Waals surface area (Å²) in [6.45, 7) is 11.0. The Labute approximate surface area is 141 Å². The van der Waals surface area contributed by atoms with Crippen molar-refractivity contribution in [1.82, 2.24) is 25.2 Å². The number of carbonyl (C=O) groups excluding carboxylic acids is 2. The van der Waals surface area contributed by atoms with E-state index >= 15 is 0 Å². The molecule has 0 atom stereocenters. The number of hydrogen-bond donors (Lipinski definition) is 1. The molecule has 0 bridgehead atoms. The van der Waals surface area contributed by atoms with Crippen LogP contribution in [0.3, 0.4) is 0 Å². The van der Waals surface area contributed by atoms with E-state index in [1.807, 2.05) is 13.0 Å². The summed E-state index contributed by atoms with van der Waals surface area (Å²) >= 11 is 0. The number of nitrogens with zero attached hydrogens (tertiary/aromatic N) is 4. The second-order valence-electron chi connectivity index (χ2n) is 7.06. The Morgan fingerprint density at radius 1 is 1.17 bits per heavy atom. The van der Waals surface area contributed by atoms with Gasteiger partial charge in [-0.1, -0.05) is 5.16 Å². The Kier molecular flexibility index (Phi) is 4.60. The van der Waals surface area contributed by atoms with Crippen molar-refractivity contribution in [2.24, 2.45) is 0 Å². The minimum absolute atomic E-state index is 0.146. The van der Waals surface area contributed by atoms with Gasteiger partial charge in [0.2, 0.25) is 0 Å². The zero-order chi connectivity index (χ0) is 17.3. The molecule has 24 heavy (non-hydrogen) atoms. The van der Waals surface area contributed by atoms with Crippen molar-refractivity contribution in [2.75, 3.05) is 39.3 Å². The smallest absolute Gasteiger partial charge is 0.325 e. The van der Waals surface area contributed by atoms with E-state index in [1.54, 1.807) is 13.8 Å². The lowest BCUT2D eigenvalue weighted by Crippen LogP contribution is -2.49. The highest BCUT2D eigenvalue weighted by Crippen LogP contribution is 2.16. The number of aryl methyl sites for hydroxylation is 1. The van der Waals surface area contributed by atoms with Crippen LogP contribution < -0.4 is 5.32 Å². The molecule has 2 aliphatic rings. The normalized spacial score (nSPS) is 22.2. The highest BCUT2D eigenvalue weighted by Gasteiger charge is 2.44. The number of aromatic nitrogens is 1. The maximum absolute atomic E-state index is 12.2. The van der Waals surface area contributed by atoms with Crippen LogP contribution in [0.5, 0.6) is 0 Å². The molecule has 3 heterocycles. The van der Waals surface area contributed by atoms with Gasteiger partial charge in [0.15, 0.2) is 0 Å². The molecule has 0 aromatic carbocycles. The van der Waals surface area contributed by atoms with Crippen LogP contribution in [0.4, 0.5) is 4.79 Å². The molecule has 1 N–H and O–H groups in total. The van der Waals surface area contributed by atoms with Crippen LogP contribution in [0.2, 0.25) is 0 Å². The van der Waals surface area contributed by atoms with Gasteiger partial charge in [-0.05, 0) is 20.8 Å². The number of urea groups is 1. The summed E-state index contributed by atoms with van der Waals surface area (Å²) < 4.78 is 5.10. The van der Waals surface area contributed by atoms with Gasteiger partial charge in [0.05, 0.1) is 5.69 Å². The van der Waals surface area contributed by atoms with Crippen LogP contribution in [0.15, 0.2) is 10.6 Å². The predicted octanol–water partition coefficient (Wildman–Crippen LogP) is 0.431. The van der Waals surface area contributed by atoms with Crippen molar-refractivity contribution in [3.8, 4) is 0 Å². The molecule has 0 saturated carbocycles. The lowest BCUT2D eigenvalue weighted by molar-refractivity contribution is -0.130. The van der Waals surface area contributed by atoms with E-state index in [1.165, 1.54) is 4.90 Å². The largest absolute Gasteiger partial charge is 0.361 e. The van der Waals surface area contributed by atoms with E-state index < -0.39 is 5.54 Å². The fraction of sp³-hybridized carbons (Fsp3) is 0.688. The van der Waals surface area contributed by atoms with Gasteiger partial charge in [-0.3, -0.25) is 19.5 Å². The Hall–Kier alpha value is -1.93. The van der Waals surface area contributed by atoms with Crippen LogP contribution in [-0.2, 0) is 11.3 Å². The number of amides is 3. The molecule has 2 saturated heterocycles. The maximum Gasteiger partial charge on any atom is 0.325 e. The molecule has 0 aliphatic carbocycles. The molecule has 3 rings (SSSR count). The van der Waals surface area contributed by atoms with Gasteiger partial charge in [-0.25, -0.2) is 4.79 Å². The summed E-state index contributed by atoms with van der Waals surface area (Å²) in [6.07, 6.45) is 0. The first-order chi connectivity index (χ1) is 11.3. The molecule has 2 fully saturated rings. The third-order valence-corrected chi connectivity index (χ3v) is 4.61. The van der Waals surface area contributed by atoms with Crippen LogP contribution in [0, 0.1) is 6.92 Å². The average Bonchev–Trinajstić information content (AvgIpc) is 3.01. The molecular formula is C16H25N5O3. The van der Waals surface area contributed by atoms with Gasteiger partial charge in [0, 0.05) is 51.9 Å². The minimum atomic E-state index is -0.786. The van der Waals surface area contributed by atoms with Gasteiger partial charge in [0.25, 0.3) is 5.91 Å². The molecule has 8 heteroatoms. The number of hydrogen-bond acceptors (Lipinski definition) is 6. The number of piperazine rings is 1. The van der Waals surface area contributed by atoms with Crippen molar-refractivity contribution in [1.29, 1.82) is 0 Å². The summed E-state index contributed by atoms with van der Waals surface area (Å²) in [6, 6.07) is 1.68. The molecule has 1 aromatic heterocycles. The van der Waals surface area contributed by atoms with E-state index in [0.717, 1.165) is 44.2 Å². The molecular weight excluding hydrogens is 310 g/mol. The molecule has 1 aromatic rings. The van der Waals surface area contributed by atoms with Gasteiger partial charge >= 0.3 is 6.03 Å². The monoisotopic (exact) mass is 335 g/mol. The zero-order valence-electron chi connectivity index (χ0n) is 14.5. The van der Waals surface area contributed by atoms with Crippen LogP contribution in [-0.4, -0.2) is 76.6 Å². The van der Waals surface area contributed by atoms with Gasteiger partial charge < -0.3 is 9.84 Å². The molecule has 0 spiro atoms. The predicted molar refractivity (Wildman–Crippen MR) is 87.3 cm³/mol. The van der Waals surface area contributed by atoms with E-state index in [9.17, 15) is 9.59 Å². The molecule has 0 unspecified atom stereocenters. The first-order valence-corrected chi connectivity index (χ1v) is 8.36. The van der Waals surface area contributed by atoms with E-state index in [4.69, 9.17) is 4.52 Å². The molecule has 132 valence electrons. The van der Waals surface area contributed by atoms with E-state index in [2.05, 4.69) is 20.3 Å². The standard InChI is InChI=1S/C16H25N5O3/c1-12-10-13(18-24-12)11-20-6-4-19(5-7-20)8-9-21-14(22)16(2,3)17-15(21)23/h10H,4-9,11H2,1-3H3,(H,17,23). The van der Waals surface area contributed by atoms with Crippen LogP contribution in [0.25, 0.3) is 0 Å². The third kappa shape index (κ3) is 3.59. The molecule has 0 radical (unpaired) electrons. The Morgan fingerprint density at radius 2 is 1.83 bits per heavy atom. The average molecular weight is 335 g/mol. The first kappa shape index (κ1) is 16.9. The Balaban J connectivity index is 1.43. The highest BCUT2D eigenvalue weighted by atomic mass is 16.5. The second-order valence-corrected chi connectivity index (χ2v) is 7.06. The van der Waals surface area contributed by atoms with Gasteiger partial charge in [-0.15, -0.1) is 0 Å². The molecule has 8 nitrogen and oxygen atoms in total. The zero-order valence-corrected chi connectivity index (χ0v) is 14.5. The van der Waals surface area contributed by atoms with Crippen molar-refractivity contribution in [3.63, 3.8) is 0 Å². The van der Waals surface area contributed by atoms with Gasteiger partial charge in [-0.2, -0.15) is 0 Å². The lowest BCUT2D eigenvalue weighted by atomic mass is 10.1. The van der Waals surface area contributed by atoms with E-state index in [-0.39, 0.29) is 11.9 Å². The number of imide groups is 1. The van der Waals surface area contributed by atoms with Crippen molar-refractivity contribution < 1.29 is 14.1 Å². The second kappa shape index (κ2) is 6.52. The summed E-state index contributed by atoms with van der Waals surface area (Å²) in [5, 5.41) is 6.74. The molecule has 2 aliphatic heterocycles. The Bertz CT molecular complexity index is 619. The van der Waals surface area contributed by atoms with Crippen LogP contribution in [0.1, 0.15) is 25.3 Å². The van der Waals surface area contributed by atoms with Crippen LogP contribution >= 0.6 is 0 Å². The van der Waals surface area contributed by atoms with Gasteiger partial charge in [0.1, 0.15) is 11.3 Å². The summed E-state index contributed by atoms with van der Waals surface area (Å²) in [5.41, 5.74) is 0.174. The number of carbonyl (C=O) groups is 2. The summed E-state index contributed by atoms with van der Waals surface area (Å²) in [4.78, 5) is 30.0. The number of rotatable bonds is 5. The maximum atomic E-state index is 12.2. The summed E-state index contributed by atoms with van der Waals surface area (Å²) in [7, 11) is 0. The summed E-state index contributed by atoms with van der Waals surface area (Å²) in [5.74, 6) is 0.688. The van der Waals surface area contributed by atoms with Crippen molar-refractivity contribution in [3.05, 3.63) is 17.5 Å². The Morgan fingerprint density at radius 3 is 2.38 bits per heavy atom. The first-order valence-electron chi connectivity index (χ1n) is 8.36. The SMILES string of the molecule is Cc1cc(CN2CCN(CCN3C(=O)NC(C)(C)C3=O)CC2)no1. The quantitative estimate of drug-likeness (QED) is 0.786. The highest BCUT2D eigenvalue weighted by molar-refractivity contribution is 6.06. The molecule has 3 amide bonds. The third-order valence-electron chi connectivity index (χ3n) is 4.61. The topological polar surface area (TPSA) is 81.9 Å². The minimum Gasteiger partial charge on any atom is -0.361 e. The van der Waals surface area contributed by atoms with Crippen molar-refractivity contribution >= 4 is 11.9 Å². The number of nitrogens with one attached hydrogen (secondary N) is 1. The fourth-order valence-corrected chi connectivity index (χ4v) is 3.15. The lowest BCUT2D eigenvalue weighted by Gasteiger charge is -2.34. The van der Waals surface area contributed by atoms with Crippen molar-refractivity contribution in [2.45, 2.75) is 32.9 Å².